The lowest BCUT2D eigenvalue weighted by atomic mass is 10.2. The highest BCUT2D eigenvalue weighted by Crippen LogP contribution is 2.26. The number of hydrogen-bond donors (Lipinski definition) is 3. The second kappa shape index (κ2) is 6.15. The van der Waals surface area contributed by atoms with Crippen LogP contribution in [0.4, 0.5) is 17.5 Å². The number of hydrogen-bond acceptors (Lipinski definition) is 8. The quantitative estimate of drug-likeness (QED) is 0.602. The van der Waals surface area contributed by atoms with E-state index in [1.807, 2.05) is 24.3 Å². The fraction of sp³-hybridized carbons (Fsp3) is 0.200. The normalized spacial score (nSPS) is 13.4. The van der Waals surface area contributed by atoms with Gasteiger partial charge in [-0.15, -0.1) is 5.10 Å². The Morgan fingerprint density at radius 2 is 2.20 bits per heavy atom. The van der Waals surface area contributed by atoms with Crippen LogP contribution in [0.25, 0.3) is 5.69 Å². The van der Waals surface area contributed by atoms with Gasteiger partial charge in [0.25, 0.3) is 5.91 Å². The first-order chi connectivity index (χ1) is 12.2. The van der Waals surface area contributed by atoms with Crippen LogP contribution in [0.3, 0.4) is 0 Å². The molecule has 0 unspecified atom stereocenters. The first-order valence-corrected chi connectivity index (χ1v) is 7.73. The van der Waals surface area contributed by atoms with Crippen LogP contribution in [0, 0.1) is 0 Å². The fourth-order valence-electron chi connectivity index (χ4n) is 2.29. The van der Waals surface area contributed by atoms with E-state index in [9.17, 15) is 4.79 Å². The number of amides is 1. The average molecular weight is 337 g/mol. The molecular weight excluding hydrogens is 322 g/mol. The Morgan fingerprint density at radius 1 is 1.32 bits per heavy atom. The number of nitrogens with two attached hydrogens (primary N) is 1. The van der Waals surface area contributed by atoms with Gasteiger partial charge >= 0.3 is 0 Å². The van der Waals surface area contributed by atoms with E-state index in [2.05, 4.69) is 36.1 Å². The average Bonchev–Trinajstić information content (AvgIpc) is 3.24. The molecule has 0 radical (unpaired) electrons. The monoisotopic (exact) mass is 337 g/mol. The number of carbonyl (C=O) groups is 1. The van der Waals surface area contributed by atoms with Crippen LogP contribution in [0.2, 0.25) is 0 Å². The van der Waals surface area contributed by atoms with Crippen molar-refractivity contribution in [1.82, 2.24) is 30.2 Å². The van der Waals surface area contributed by atoms with E-state index in [0.717, 1.165) is 24.2 Å². The number of primary amides is 1. The summed E-state index contributed by atoms with van der Waals surface area (Å²) in [6.07, 6.45) is 5.04. The summed E-state index contributed by atoms with van der Waals surface area (Å²) < 4.78 is 1.54. The summed E-state index contributed by atoms with van der Waals surface area (Å²) >= 11 is 0. The minimum absolute atomic E-state index is 0.278. The molecule has 25 heavy (non-hydrogen) atoms. The van der Waals surface area contributed by atoms with Gasteiger partial charge in [-0.3, -0.25) is 4.79 Å². The summed E-state index contributed by atoms with van der Waals surface area (Å²) in [6, 6.07) is 7.80. The van der Waals surface area contributed by atoms with Crippen LogP contribution in [0.5, 0.6) is 0 Å². The molecule has 3 aromatic rings. The Balaban J connectivity index is 1.60. The van der Waals surface area contributed by atoms with Crippen LogP contribution in [0.1, 0.15) is 23.2 Å². The molecule has 0 saturated heterocycles. The lowest BCUT2D eigenvalue weighted by molar-refractivity contribution is 0.100. The summed E-state index contributed by atoms with van der Waals surface area (Å²) in [7, 11) is 0. The Kier molecular flexibility index (Phi) is 3.69. The minimum atomic E-state index is -0.560. The highest BCUT2D eigenvalue weighted by Gasteiger charge is 2.24. The molecule has 0 atom stereocenters. The van der Waals surface area contributed by atoms with Gasteiger partial charge in [-0.2, -0.15) is 4.98 Å². The van der Waals surface area contributed by atoms with E-state index < -0.39 is 5.91 Å². The standard InChI is InChI=1S/C15H15N9O/c16-13(25)12-7-17-15(21-14(12)19-9-4-5-9)20-10-2-1-3-11(6-10)24-8-18-22-23-24/h1-3,6-9H,4-5H2,(H2,16,25)(H2,17,19,20,21). The van der Waals surface area contributed by atoms with Gasteiger partial charge < -0.3 is 16.4 Å². The molecule has 10 heteroatoms. The molecule has 1 saturated carbocycles. The SMILES string of the molecule is NC(=O)c1cnc(Nc2cccc(-n3cnnn3)c2)nc1NC1CC1. The molecule has 0 spiro atoms. The molecule has 2 aromatic heterocycles. The third-order valence-corrected chi connectivity index (χ3v) is 3.69. The van der Waals surface area contributed by atoms with Crippen LogP contribution >= 0.6 is 0 Å². The third kappa shape index (κ3) is 3.37. The van der Waals surface area contributed by atoms with Gasteiger partial charge in [0.05, 0.1) is 11.3 Å². The van der Waals surface area contributed by atoms with Crippen molar-refractivity contribution in [1.29, 1.82) is 0 Å². The van der Waals surface area contributed by atoms with Crippen molar-refractivity contribution in [3.63, 3.8) is 0 Å². The predicted molar refractivity (Wildman–Crippen MR) is 89.6 cm³/mol. The molecule has 4 N–H and O–H groups in total. The van der Waals surface area contributed by atoms with E-state index >= 15 is 0 Å². The van der Waals surface area contributed by atoms with Crippen molar-refractivity contribution < 1.29 is 4.79 Å². The van der Waals surface area contributed by atoms with Gasteiger partial charge in [0.15, 0.2) is 0 Å². The molecule has 2 heterocycles. The molecule has 1 aliphatic rings. The summed E-state index contributed by atoms with van der Waals surface area (Å²) in [5.74, 6) is 0.251. The molecule has 1 amide bonds. The lowest BCUT2D eigenvalue weighted by Crippen LogP contribution is -2.17. The number of rotatable bonds is 6. The Bertz CT molecular complexity index is 905. The summed E-state index contributed by atoms with van der Waals surface area (Å²) in [6.45, 7) is 0. The lowest BCUT2D eigenvalue weighted by Gasteiger charge is -2.11. The largest absolute Gasteiger partial charge is 0.367 e. The maximum absolute atomic E-state index is 11.5. The molecule has 0 bridgehead atoms. The maximum Gasteiger partial charge on any atom is 0.254 e. The maximum atomic E-state index is 11.5. The van der Waals surface area contributed by atoms with Crippen LogP contribution in [0.15, 0.2) is 36.8 Å². The zero-order valence-electron chi connectivity index (χ0n) is 13.1. The van der Waals surface area contributed by atoms with Crippen molar-refractivity contribution >= 4 is 23.4 Å². The molecule has 1 fully saturated rings. The van der Waals surface area contributed by atoms with Crippen LogP contribution in [-0.2, 0) is 0 Å². The van der Waals surface area contributed by atoms with E-state index in [1.54, 1.807) is 4.68 Å². The third-order valence-electron chi connectivity index (χ3n) is 3.69. The van der Waals surface area contributed by atoms with Gasteiger partial charge in [-0.25, -0.2) is 9.67 Å². The Labute approximate surface area is 142 Å². The second-order valence-corrected chi connectivity index (χ2v) is 5.67. The van der Waals surface area contributed by atoms with E-state index in [1.165, 1.54) is 12.5 Å². The number of nitrogens with zero attached hydrogens (tertiary/aromatic N) is 6. The smallest absolute Gasteiger partial charge is 0.254 e. The van der Waals surface area contributed by atoms with Gasteiger partial charge in [-0.1, -0.05) is 6.07 Å². The molecule has 4 rings (SSSR count). The van der Waals surface area contributed by atoms with E-state index in [4.69, 9.17) is 5.73 Å². The number of carbonyl (C=O) groups excluding carboxylic acids is 1. The van der Waals surface area contributed by atoms with Crippen molar-refractivity contribution in [2.45, 2.75) is 18.9 Å². The van der Waals surface area contributed by atoms with Crippen molar-refractivity contribution in [3.8, 4) is 5.69 Å². The highest BCUT2D eigenvalue weighted by molar-refractivity contribution is 5.97. The van der Waals surface area contributed by atoms with Crippen molar-refractivity contribution in [3.05, 3.63) is 42.4 Å². The van der Waals surface area contributed by atoms with Gasteiger partial charge in [0, 0.05) is 17.9 Å². The highest BCUT2D eigenvalue weighted by atomic mass is 16.1. The fourth-order valence-corrected chi connectivity index (χ4v) is 2.29. The number of benzene rings is 1. The number of aromatic nitrogens is 6. The van der Waals surface area contributed by atoms with E-state index in [0.29, 0.717) is 17.8 Å². The number of nitrogens with one attached hydrogen (secondary N) is 2. The Morgan fingerprint density at radius 3 is 2.92 bits per heavy atom. The van der Waals surface area contributed by atoms with Crippen LogP contribution < -0.4 is 16.4 Å². The van der Waals surface area contributed by atoms with Crippen molar-refractivity contribution in [2.24, 2.45) is 5.73 Å². The first-order valence-electron chi connectivity index (χ1n) is 7.73. The first kappa shape index (κ1) is 15.0. The molecule has 126 valence electrons. The zero-order valence-corrected chi connectivity index (χ0v) is 13.1. The molecular formula is C15H15N9O. The number of anilines is 3. The summed E-state index contributed by atoms with van der Waals surface area (Å²) in [5.41, 5.74) is 7.22. The number of tetrazole rings is 1. The van der Waals surface area contributed by atoms with Gasteiger partial charge in [0.1, 0.15) is 12.1 Å². The van der Waals surface area contributed by atoms with E-state index in [-0.39, 0.29) is 5.56 Å². The van der Waals surface area contributed by atoms with Crippen molar-refractivity contribution in [2.75, 3.05) is 10.6 Å². The molecule has 10 nitrogen and oxygen atoms in total. The Hall–Kier alpha value is -3.56. The molecule has 1 aliphatic carbocycles. The topological polar surface area (TPSA) is 137 Å². The second-order valence-electron chi connectivity index (χ2n) is 5.67. The van der Waals surface area contributed by atoms with Gasteiger partial charge in [-0.05, 0) is 41.5 Å². The minimum Gasteiger partial charge on any atom is -0.367 e. The van der Waals surface area contributed by atoms with Gasteiger partial charge in [0.2, 0.25) is 5.95 Å². The van der Waals surface area contributed by atoms with Crippen LogP contribution in [-0.4, -0.2) is 42.1 Å². The summed E-state index contributed by atoms with van der Waals surface area (Å²) in [5, 5.41) is 17.4. The zero-order chi connectivity index (χ0) is 17.2. The predicted octanol–water partition coefficient (Wildman–Crippen LogP) is 0.869. The molecule has 0 aliphatic heterocycles. The summed E-state index contributed by atoms with van der Waals surface area (Å²) in [4.78, 5) is 20.1. The molecule has 1 aromatic carbocycles.